The molecule has 0 bridgehead atoms. The van der Waals surface area contributed by atoms with Gasteiger partial charge in [-0.1, -0.05) is 11.3 Å². The van der Waals surface area contributed by atoms with E-state index in [1.54, 1.807) is 12.5 Å². The van der Waals surface area contributed by atoms with Gasteiger partial charge in [0, 0.05) is 41.9 Å². The summed E-state index contributed by atoms with van der Waals surface area (Å²) in [5.41, 5.74) is 5.32. The number of hydrogen-bond acceptors (Lipinski definition) is 5. The van der Waals surface area contributed by atoms with Crippen LogP contribution < -0.4 is 11.1 Å². The lowest BCUT2D eigenvalue weighted by molar-refractivity contribution is 0.600. The van der Waals surface area contributed by atoms with Gasteiger partial charge in [-0.15, -0.1) is 0 Å². The summed E-state index contributed by atoms with van der Waals surface area (Å²) in [7, 11) is 0. The third kappa shape index (κ3) is 3.61. The average molecular weight is 219 g/mol. The van der Waals surface area contributed by atoms with E-state index in [1.165, 1.54) is 11.3 Å². The molecule has 1 rings (SSSR count). The van der Waals surface area contributed by atoms with Gasteiger partial charge in [0.25, 0.3) is 0 Å². The van der Waals surface area contributed by atoms with Crippen LogP contribution in [0.25, 0.3) is 0 Å². The van der Waals surface area contributed by atoms with Crippen LogP contribution in [0.5, 0.6) is 0 Å². The van der Waals surface area contributed by atoms with Crippen molar-refractivity contribution in [1.29, 1.82) is 0 Å². The number of rotatable bonds is 5. The lowest BCUT2D eigenvalue weighted by Crippen LogP contribution is -2.21. The molecule has 1 aromatic heterocycles. The van der Waals surface area contributed by atoms with Gasteiger partial charge in [-0.05, 0) is 0 Å². The first-order valence-corrected chi connectivity index (χ1v) is 6.30. The Balaban J connectivity index is 2.40. The van der Waals surface area contributed by atoms with Crippen molar-refractivity contribution >= 4 is 22.5 Å². The molecule has 0 aliphatic heterocycles. The number of hydrogen-bond donors (Lipinski definition) is 2. The van der Waals surface area contributed by atoms with Crippen molar-refractivity contribution in [3.8, 4) is 0 Å². The molecule has 0 aliphatic carbocycles. The molecule has 4 nitrogen and oxygen atoms in total. The van der Waals surface area contributed by atoms with Crippen LogP contribution >= 0.6 is 11.3 Å². The van der Waals surface area contributed by atoms with E-state index >= 15 is 0 Å². The molecular formula is C7H13N3OS2. The standard InChI is InChI=1S/C7H13N3OS2/c1-13(11)7-10-5-6(12-7)4-9-3-2-8/h5,9H,2-4,8H2,1H3. The molecule has 3 N–H and O–H groups in total. The van der Waals surface area contributed by atoms with Gasteiger partial charge < -0.3 is 15.6 Å². The topological polar surface area (TPSA) is 74.0 Å². The van der Waals surface area contributed by atoms with E-state index in [0.29, 0.717) is 10.9 Å². The largest absolute Gasteiger partial charge is 0.610 e. The summed E-state index contributed by atoms with van der Waals surface area (Å²) < 4.78 is 11.7. The Morgan fingerprint density at radius 2 is 2.54 bits per heavy atom. The Morgan fingerprint density at radius 1 is 1.77 bits per heavy atom. The van der Waals surface area contributed by atoms with Crippen LogP contribution in [0.15, 0.2) is 10.5 Å². The SMILES string of the molecule is C[S+]([O-])c1ncc(CNCCN)s1. The molecule has 0 aliphatic rings. The van der Waals surface area contributed by atoms with Gasteiger partial charge in [-0.3, -0.25) is 0 Å². The molecular weight excluding hydrogens is 206 g/mol. The summed E-state index contributed by atoms with van der Waals surface area (Å²) in [5.74, 6) is 0. The highest BCUT2D eigenvalue weighted by atomic mass is 32.2. The zero-order valence-electron chi connectivity index (χ0n) is 7.45. The number of thiazole rings is 1. The number of aromatic nitrogens is 1. The zero-order valence-corrected chi connectivity index (χ0v) is 9.08. The van der Waals surface area contributed by atoms with Crippen molar-refractivity contribution in [1.82, 2.24) is 10.3 Å². The van der Waals surface area contributed by atoms with Gasteiger partial charge in [0.05, 0.1) is 0 Å². The quantitative estimate of drug-likeness (QED) is 0.537. The number of nitrogens with zero attached hydrogens (tertiary/aromatic N) is 1. The van der Waals surface area contributed by atoms with Gasteiger partial charge in [0.1, 0.15) is 6.26 Å². The van der Waals surface area contributed by atoms with E-state index < -0.39 is 11.2 Å². The highest BCUT2D eigenvalue weighted by molar-refractivity contribution is 7.92. The highest BCUT2D eigenvalue weighted by Crippen LogP contribution is 2.17. The lowest BCUT2D eigenvalue weighted by atomic mass is 10.5. The summed E-state index contributed by atoms with van der Waals surface area (Å²) in [6, 6.07) is 0. The fraction of sp³-hybridized carbons (Fsp3) is 0.571. The third-order valence-corrected chi connectivity index (χ3v) is 3.74. The van der Waals surface area contributed by atoms with Crippen LogP contribution in [-0.2, 0) is 17.7 Å². The monoisotopic (exact) mass is 219 g/mol. The third-order valence-electron chi connectivity index (χ3n) is 1.40. The molecule has 0 fully saturated rings. The Labute approximate surface area is 84.7 Å². The van der Waals surface area contributed by atoms with E-state index in [0.717, 1.165) is 18.0 Å². The van der Waals surface area contributed by atoms with Crippen LogP contribution in [0.1, 0.15) is 4.88 Å². The van der Waals surface area contributed by atoms with Crippen molar-refractivity contribution in [2.45, 2.75) is 10.9 Å². The fourth-order valence-electron chi connectivity index (χ4n) is 0.818. The molecule has 0 aromatic carbocycles. The van der Waals surface area contributed by atoms with E-state index in [2.05, 4.69) is 10.3 Å². The van der Waals surface area contributed by atoms with Crippen LogP contribution in [0.3, 0.4) is 0 Å². The lowest BCUT2D eigenvalue weighted by Gasteiger charge is -1.98. The maximum absolute atomic E-state index is 11.0. The molecule has 0 saturated carbocycles. The van der Waals surface area contributed by atoms with E-state index in [-0.39, 0.29) is 0 Å². The fourth-order valence-corrected chi connectivity index (χ4v) is 2.42. The summed E-state index contributed by atoms with van der Waals surface area (Å²) in [4.78, 5) is 5.14. The van der Waals surface area contributed by atoms with Crippen molar-refractivity contribution in [2.75, 3.05) is 19.3 Å². The summed E-state index contributed by atoms with van der Waals surface area (Å²) >= 11 is 0.516. The summed E-state index contributed by atoms with van der Waals surface area (Å²) in [5, 5.41) is 3.15. The van der Waals surface area contributed by atoms with Crippen molar-refractivity contribution in [3.05, 3.63) is 11.1 Å². The average Bonchev–Trinajstić information content (AvgIpc) is 2.53. The Morgan fingerprint density at radius 3 is 3.08 bits per heavy atom. The number of nitrogens with one attached hydrogen (secondary N) is 1. The minimum absolute atomic E-state index is 0.630. The maximum Gasteiger partial charge on any atom is 0.301 e. The maximum atomic E-state index is 11.0. The molecule has 1 atom stereocenters. The van der Waals surface area contributed by atoms with Gasteiger partial charge in [0.2, 0.25) is 0 Å². The first-order valence-electron chi connectivity index (χ1n) is 3.93. The van der Waals surface area contributed by atoms with Gasteiger partial charge in [-0.2, -0.15) is 4.98 Å². The first kappa shape index (κ1) is 10.9. The molecule has 74 valence electrons. The summed E-state index contributed by atoms with van der Waals surface area (Å²) in [6.07, 6.45) is 3.39. The predicted molar refractivity (Wildman–Crippen MR) is 55.2 cm³/mol. The normalized spacial score (nSPS) is 13.2. The van der Waals surface area contributed by atoms with Crippen LogP contribution in [0, 0.1) is 0 Å². The second kappa shape index (κ2) is 5.56. The van der Waals surface area contributed by atoms with Crippen LogP contribution in [-0.4, -0.2) is 28.9 Å². The minimum atomic E-state index is -0.961. The van der Waals surface area contributed by atoms with Gasteiger partial charge in [0.15, 0.2) is 0 Å². The molecule has 0 spiro atoms. The molecule has 0 radical (unpaired) electrons. The zero-order chi connectivity index (χ0) is 9.68. The molecule has 0 saturated heterocycles. The van der Waals surface area contributed by atoms with Gasteiger partial charge in [-0.25, -0.2) is 0 Å². The molecule has 1 unspecified atom stereocenters. The van der Waals surface area contributed by atoms with Crippen molar-refractivity contribution in [2.24, 2.45) is 5.73 Å². The number of nitrogens with two attached hydrogens (primary N) is 1. The van der Waals surface area contributed by atoms with Gasteiger partial charge >= 0.3 is 4.34 Å². The van der Waals surface area contributed by atoms with Crippen LogP contribution in [0.4, 0.5) is 0 Å². The van der Waals surface area contributed by atoms with Crippen molar-refractivity contribution in [3.63, 3.8) is 0 Å². The molecule has 1 aromatic rings. The Hall–Kier alpha value is -0.140. The second-order valence-corrected chi connectivity index (χ2v) is 5.18. The molecule has 13 heavy (non-hydrogen) atoms. The van der Waals surface area contributed by atoms with E-state index in [9.17, 15) is 4.55 Å². The molecule has 6 heteroatoms. The van der Waals surface area contributed by atoms with Crippen LogP contribution in [0.2, 0.25) is 0 Å². The minimum Gasteiger partial charge on any atom is -0.610 e. The second-order valence-electron chi connectivity index (χ2n) is 2.51. The summed E-state index contributed by atoms with van der Waals surface area (Å²) in [6.45, 7) is 2.18. The Kier molecular flexibility index (Phi) is 4.68. The molecule has 1 heterocycles. The molecule has 0 amide bonds. The smallest absolute Gasteiger partial charge is 0.301 e. The van der Waals surface area contributed by atoms with E-state index in [1.807, 2.05) is 0 Å². The predicted octanol–water partition coefficient (Wildman–Crippen LogP) is -0.0712. The van der Waals surface area contributed by atoms with E-state index in [4.69, 9.17) is 5.73 Å². The highest BCUT2D eigenvalue weighted by Gasteiger charge is 2.09. The Bertz CT molecular complexity index is 252. The van der Waals surface area contributed by atoms with Crippen molar-refractivity contribution < 1.29 is 4.55 Å². The first-order chi connectivity index (χ1) is 6.24.